The van der Waals surface area contributed by atoms with Crippen LogP contribution in [0.15, 0.2) is 12.3 Å². The molecule has 0 saturated heterocycles. The van der Waals surface area contributed by atoms with Gasteiger partial charge in [0.2, 0.25) is 5.88 Å². The maximum absolute atomic E-state index is 13.3. The average molecular weight is 197 g/mol. The molecule has 1 heterocycles. The lowest BCUT2D eigenvalue weighted by Gasteiger charge is -2.07. The van der Waals surface area contributed by atoms with Gasteiger partial charge in [0.25, 0.3) is 0 Å². The highest BCUT2D eigenvalue weighted by Gasteiger charge is 2.06. The second-order valence-electron chi connectivity index (χ2n) is 3.66. The van der Waals surface area contributed by atoms with E-state index in [0.29, 0.717) is 12.5 Å². The first kappa shape index (κ1) is 11.0. The zero-order valence-corrected chi connectivity index (χ0v) is 8.88. The van der Waals surface area contributed by atoms with E-state index in [4.69, 9.17) is 4.74 Å². The molecule has 2 nitrogen and oxygen atoms in total. The van der Waals surface area contributed by atoms with Crippen molar-refractivity contribution >= 4 is 0 Å². The van der Waals surface area contributed by atoms with E-state index in [1.54, 1.807) is 6.20 Å². The van der Waals surface area contributed by atoms with Crippen molar-refractivity contribution in [2.45, 2.75) is 27.2 Å². The van der Waals surface area contributed by atoms with Crippen molar-refractivity contribution in [3.8, 4) is 5.88 Å². The lowest BCUT2D eigenvalue weighted by molar-refractivity contribution is 0.307. The Balaban J connectivity index is 2.78. The monoisotopic (exact) mass is 197 g/mol. The molecule has 0 amide bonds. The molecule has 1 aromatic heterocycles. The van der Waals surface area contributed by atoms with E-state index in [1.807, 2.05) is 6.92 Å². The molecule has 0 N–H and O–H groups in total. The second kappa shape index (κ2) is 4.94. The summed E-state index contributed by atoms with van der Waals surface area (Å²) in [5.41, 5.74) is 0.918. The van der Waals surface area contributed by atoms with Gasteiger partial charge in [-0.3, -0.25) is 0 Å². The first-order valence-corrected chi connectivity index (χ1v) is 4.90. The molecular weight excluding hydrogens is 181 g/mol. The van der Waals surface area contributed by atoms with Crippen LogP contribution in [0.1, 0.15) is 26.3 Å². The van der Waals surface area contributed by atoms with Crippen LogP contribution in [0.4, 0.5) is 4.39 Å². The summed E-state index contributed by atoms with van der Waals surface area (Å²) in [5.74, 6) is 0.235. The van der Waals surface area contributed by atoms with Gasteiger partial charge < -0.3 is 4.74 Å². The van der Waals surface area contributed by atoms with Crippen LogP contribution in [0.25, 0.3) is 0 Å². The summed E-state index contributed by atoms with van der Waals surface area (Å²) >= 11 is 0. The molecule has 0 fully saturated rings. The summed E-state index contributed by atoms with van der Waals surface area (Å²) in [6.07, 6.45) is 2.52. The molecule has 1 rings (SSSR count). The molecule has 78 valence electrons. The Hall–Kier alpha value is -1.12. The summed E-state index contributed by atoms with van der Waals surface area (Å²) in [6.45, 7) is 6.43. The quantitative estimate of drug-likeness (QED) is 0.740. The third-order valence-corrected chi connectivity index (χ3v) is 1.79. The summed E-state index contributed by atoms with van der Waals surface area (Å²) in [5, 5.41) is 0. The Morgan fingerprint density at radius 3 is 2.71 bits per heavy atom. The van der Waals surface area contributed by atoms with Gasteiger partial charge in [-0.2, -0.15) is 0 Å². The van der Waals surface area contributed by atoms with E-state index in [-0.39, 0.29) is 11.7 Å². The Morgan fingerprint density at radius 2 is 2.21 bits per heavy atom. The van der Waals surface area contributed by atoms with Crippen LogP contribution in [0, 0.1) is 11.7 Å². The van der Waals surface area contributed by atoms with Crippen LogP contribution in [0.2, 0.25) is 0 Å². The number of rotatable bonds is 4. The van der Waals surface area contributed by atoms with Crippen molar-refractivity contribution in [3.05, 3.63) is 23.6 Å². The molecule has 0 saturated carbocycles. The van der Waals surface area contributed by atoms with E-state index >= 15 is 0 Å². The molecule has 1 aromatic rings. The molecule has 0 aliphatic carbocycles. The minimum Gasteiger partial charge on any atom is -0.476 e. The largest absolute Gasteiger partial charge is 0.476 e. The van der Waals surface area contributed by atoms with Crippen molar-refractivity contribution in [1.82, 2.24) is 4.98 Å². The van der Waals surface area contributed by atoms with E-state index in [1.165, 1.54) is 6.07 Å². The minimum atomic E-state index is -0.370. The van der Waals surface area contributed by atoms with E-state index in [2.05, 4.69) is 18.8 Å². The number of ether oxygens (including phenoxy) is 1. The number of aromatic nitrogens is 1. The molecular formula is C11H16FNO. The molecule has 0 bridgehead atoms. The molecule has 3 heteroatoms. The topological polar surface area (TPSA) is 22.1 Å². The van der Waals surface area contributed by atoms with Crippen LogP contribution < -0.4 is 4.74 Å². The number of halogens is 1. The van der Waals surface area contributed by atoms with Crippen LogP contribution in [0.5, 0.6) is 5.88 Å². The van der Waals surface area contributed by atoms with Gasteiger partial charge in [-0.25, -0.2) is 9.37 Å². The third-order valence-electron chi connectivity index (χ3n) is 1.79. The van der Waals surface area contributed by atoms with Gasteiger partial charge in [0.1, 0.15) is 0 Å². The van der Waals surface area contributed by atoms with Gasteiger partial charge in [-0.1, -0.05) is 13.8 Å². The number of pyridine rings is 1. The van der Waals surface area contributed by atoms with Crippen molar-refractivity contribution in [1.29, 1.82) is 0 Å². The fraction of sp³-hybridized carbons (Fsp3) is 0.545. The Kier molecular flexibility index (Phi) is 3.86. The lowest BCUT2D eigenvalue weighted by atomic mass is 10.1. The van der Waals surface area contributed by atoms with Gasteiger partial charge in [0.15, 0.2) is 5.82 Å². The Bertz CT molecular complexity index is 299. The van der Waals surface area contributed by atoms with Crippen LogP contribution >= 0.6 is 0 Å². The van der Waals surface area contributed by atoms with Crippen molar-refractivity contribution in [2.24, 2.45) is 5.92 Å². The Labute approximate surface area is 84.1 Å². The fourth-order valence-corrected chi connectivity index (χ4v) is 1.29. The lowest BCUT2D eigenvalue weighted by Crippen LogP contribution is -2.00. The predicted octanol–water partition coefficient (Wildman–Crippen LogP) is 2.82. The highest BCUT2D eigenvalue weighted by molar-refractivity contribution is 5.20. The fourth-order valence-electron chi connectivity index (χ4n) is 1.29. The molecule has 0 unspecified atom stereocenters. The maximum atomic E-state index is 13.3. The van der Waals surface area contributed by atoms with Gasteiger partial charge >= 0.3 is 0 Å². The predicted molar refractivity (Wildman–Crippen MR) is 53.9 cm³/mol. The molecule has 0 aromatic carbocycles. The van der Waals surface area contributed by atoms with Crippen molar-refractivity contribution < 1.29 is 9.13 Å². The molecule has 14 heavy (non-hydrogen) atoms. The van der Waals surface area contributed by atoms with E-state index in [9.17, 15) is 4.39 Å². The van der Waals surface area contributed by atoms with Gasteiger partial charge in [0, 0.05) is 6.20 Å². The zero-order chi connectivity index (χ0) is 10.6. The highest BCUT2D eigenvalue weighted by Crippen LogP contribution is 2.16. The van der Waals surface area contributed by atoms with Gasteiger partial charge in [-0.15, -0.1) is 0 Å². The Morgan fingerprint density at radius 1 is 1.50 bits per heavy atom. The highest BCUT2D eigenvalue weighted by atomic mass is 19.1. The molecule has 0 aliphatic heterocycles. The second-order valence-corrected chi connectivity index (χ2v) is 3.66. The first-order chi connectivity index (χ1) is 6.63. The van der Waals surface area contributed by atoms with Crippen LogP contribution in [-0.4, -0.2) is 11.6 Å². The first-order valence-electron chi connectivity index (χ1n) is 4.90. The SMILES string of the molecule is CCOc1ncc(CC(C)C)cc1F. The zero-order valence-electron chi connectivity index (χ0n) is 8.88. The third kappa shape index (κ3) is 2.98. The van der Waals surface area contributed by atoms with E-state index in [0.717, 1.165) is 12.0 Å². The summed E-state index contributed by atoms with van der Waals surface area (Å²) in [6, 6.07) is 1.50. The average Bonchev–Trinajstić information content (AvgIpc) is 2.09. The normalized spacial score (nSPS) is 10.6. The van der Waals surface area contributed by atoms with Gasteiger partial charge in [0.05, 0.1) is 6.61 Å². The molecule has 0 spiro atoms. The number of hydrogen-bond donors (Lipinski definition) is 0. The minimum absolute atomic E-state index is 0.0972. The summed E-state index contributed by atoms with van der Waals surface area (Å²) < 4.78 is 18.3. The molecule has 0 radical (unpaired) electrons. The molecule has 0 atom stereocenters. The summed E-state index contributed by atoms with van der Waals surface area (Å²) in [4.78, 5) is 3.92. The van der Waals surface area contributed by atoms with E-state index < -0.39 is 0 Å². The molecule has 0 aliphatic rings. The number of hydrogen-bond acceptors (Lipinski definition) is 2. The maximum Gasteiger partial charge on any atom is 0.250 e. The summed E-state index contributed by atoms with van der Waals surface area (Å²) in [7, 11) is 0. The number of nitrogens with zero attached hydrogens (tertiary/aromatic N) is 1. The smallest absolute Gasteiger partial charge is 0.250 e. The van der Waals surface area contributed by atoms with Crippen LogP contribution in [0.3, 0.4) is 0 Å². The standard InChI is InChI=1S/C11H16FNO/c1-4-14-11-10(12)6-9(7-13-11)5-8(2)3/h6-8H,4-5H2,1-3H3. The van der Waals surface area contributed by atoms with Gasteiger partial charge in [-0.05, 0) is 30.9 Å². The van der Waals surface area contributed by atoms with Crippen LogP contribution in [-0.2, 0) is 6.42 Å². The van der Waals surface area contributed by atoms with Crippen molar-refractivity contribution in [3.63, 3.8) is 0 Å². The van der Waals surface area contributed by atoms with Crippen molar-refractivity contribution in [2.75, 3.05) is 6.61 Å².